The molecule has 0 aliphatic carbocycles. The summed E-state index contributed by atoms with van der Waals surface area (Å²) in [6.45, 7) is 3.76. The van der Waals surface area contributed by atoms with Crippen molar-refractivity contribution in [2.24, 2.45) is 0 Å². The summed E-state index contributed by atoms with van der Waals surface area (Å²) in [4.78, 5) is 14.9. The van der Waals surface area contributed by atoms with Crippen LogP contribution in [0.25, 0.3) is 5.65 Å². The number of hydrogen-bond donors (Lipinski definition) is 0. The molecule has 1 aliphatic rings. The minimum Gasteiger partial charge on any atom is -0.338 e. The minimum atomic E-state index is -0.00428. The van der Waals surface area contributed by atoms with Crippen LogP contribution in [-0.4, -0.2) is 43.9 Å². The van der Waals surface area contributed by atoms with E-state index in [1.165, 1.54) is 5.56 Å². The lowest BCUT2D eigenvalue weighted by Gasteiger charge is -2.41. The molecule has 0 bridgehead atoms. The van der Waals surface area contributed by atoms with Crippen LogP contribution in [0.5, 0.6) is 0 Å². The molecule has 122 valence electrons. The molecule has 0 spiro atoms. The lowest BCUT2D eigenvalue weighted by Crippen LogP contribution is -2.47. The highest BCUT2D eigenvalue weighted by molar-refractivity contribution is 5.95. The Morgan fingerprint density at radius 3 is 2.88 bits per heavy atom. The molecule has 6 nitrogen and oxygen atoms in total. The number of fused-ring (bicyclic) bond motifs is 1. The molecule has 1 amide bonds. The van der Waals surface area contributed by atoms with E-state index in [2.05, 4.69) is 46.7 Å². The number of hydrogen-bond acceptors (Lipinski definition) is 4. The third-order valence-electron chi connectivity index (χ3n) is 4.90. The summed E-state index contributed by atoms with van der Waals surface area (Å²) in [7, 11) is 0. The van der Waals surface area contributed by atoms with Gasteiger partial charge in [0, 0.05) is 30.3 Å². The summed E-state index contributed by atoms with van der Waals surface area (Å²) >= 11 is 0. The molecular formula is C18H19N5O. The molecule has 24 heavy (non-hydrogen) atoms. The Morgan fingerprint density at radius 2 is 2.04 bits per heavy atom. The van der Waals surface area contributed by atoms with Crippen molar-refractivity contribution >= 4 is 11.6 Å². The molecule has 0 saturated carbocycles. The van der Waals surface area contributed by atoms with Crippen molar-refractivity contribution in [2.45, 2.75) is 25.2 Å². The first kappa shape index (κ1) is 14.8. The molecule has 0 N–H and O–H groups in total. The number of aromatic nitrogens is 4. The number of amides is 1. The molecule has 1 atom stereocenters. The Kier molecular flexibility index (Phi) is 3.52. The second kappa shape index (κ2) is 5.70. The largest absolute Gasteiger partial charge is 0.338 e. The summed E-state index contributed by atoms with van der Waals surface area (Å²) in [5.74, 6) is 0.0438. The maximum absolute atomic E-state index is 12.9. The number of carbonyl (C=O) groups is 1. The van der Waals surface area contributed by atoms with Crippen molar-refractivity contribution < 1.29 is 4.79 Å². The number of pyridine rings is 1. The molecule has 4 rings (SSSR count). The molecule has 0 unspecified atom stereocenters. The summed E-state index contributed by atoms with van der Waals surface area (Å²) in [6, 6.07) is 14.0. The van der Waals surface area contributed by atoms with Crippen molar-refractivity contribution in [3.05, 3.63) is 59.8 Å². The topological polar surface area (TPSA) is 63.4 Å². The number of nitrogens with zero attached hydrogens (tertiary/aromatic N) is 5. The highest BCUT2D eigenvalue weighted by atomic mass is 16.2. The van der Waals surface area contributed by atoms with Gasteiger partial charge in [0.1, 0.15) is 0 Å². The van der Waals surface area contributed by atoms with Gasteiger partial charge >= 0.3 is 0 Å². The molecule has 3 aromatic rings. The number of tetrazole rings is 1. The maximum Gasteiger partial charge on any atom is 0.254 e. The fourth-order valence-electron chi connectivity index (χ4n) is 3.54. The Morgan fingerprint density at radius 1 is 1.21 bits per heavy atom. The lowest BCUT2D eigenvalue weighted by atomic mass is 9.76. The van der Waals surface area contributed by atoms with E-state index in [1.54, 1.807) is 22.8 Å². The number of rotatable bonds is 2. The highest BCUT2D eigenvalue weighted by Gasteiger charge is 2.34. The molecular weight excluding hydrogens is 302 g/mol. The summed E-state index contributed by atoms with van der Waals surface area (Å²) in [5, 5.41) is 11.4. The van der Waals surface area contributed by atoms with E-state index >= 15 is 0 Å². The fraction of sp³-hybridized carbons (Fsp3) is 0.333. The number of benzene rings is 1. The van der Waals surface area contributed by atoms with Gasteiger partial charge in [-0.05, 0) is 41.0 Å². The molecule has 1 aromatic carbocycles. The van der Waals surface area contributed by atoms with Gasteiger partial charge in [0.25, 0.3) is 5.91 Å². The van der Waals surface area contributed by atoms with Crippen LogP contribution in [0.3, 0.4) is 0 Å². The predicted molar refractivity (Wildman–Crippen MR) is 89.7 cm³/mol. The van der Waals surface area contributed by atoms with Crippen molar-refractivity contribution in [3.63, 3.8) is 0 Å². The third kappa shape index (κ3) is 2.54. The van der Waals surface area contributed by atoms with Gasteiger partial charge in [-0.1, -0.05) is 37.3 Å². The van der Waals surface area contributed by atoms with E-state index in [0.29, 0.717) is 11.2 Å². The normalized spacial score (nSPS) is 21.1. The van der Waals surface area contributed by atoms with Gasteiger partial charge in [-0.3, -0.25) is 4.79 Å². The Bertz CT molecular complexity index is 875. The first-order valence-electron chi connectivity index (χ1n) is 8.18. The second-order valence-corrected chi connectivity index (χ2v) is 6.65. The van der Waals surface area contributed by atoms with Crippen LogP contribution in [0, 0.1) is 0 Å². The monoisotopic (exact) mass is 321 g/mol. The van der Waals surface area contributed by atoms with E-state index in [9.17, 15) is 4.79 Å². The van der Waals surface area contributed by atoms with Gasteiger partial charge in [-0.2, -0.15) is 0 Å². The van der Waals surface area contributed by atoms with Crippen molar-refractivity contribution in [1.82, 2.24) is 24.9 Å². The first-order valence-corrected chi connectivity index (χ1v) is 8.18. The van der Waals surface area contributed by atoms with Gasteiger partial charge in [0.05, 0.1) is 0 Å². The molecule has 6 heteroatoms. The van der Waals surface area contributed by atoms with Crippen LogP contribution in [0.15, 0.2) is 48.7 Å². The molecule has 2 aromatic heterocycles. The third-order valence-corrected chi connectivity index (χ3v) is 4.90. The van der Waals surface area contributed by atoms with E-state index < -0.39 is 0 Å². The quantitative estimate of drug-likeness (QED) is 0.726. The summed E-state index contributed by atoms with van der Waals surface area (Å²) in [6.07, 6.45) is 3.82. The Balaban J connectivity index is 1.60. The Labute approximate surface area is 140 Å². The minimum absolute atomic E-state index is 0.00428. The zero-order chi connectivity index (χ0) is 16.6. The standard InChI is InChI=1S/C18H19N5O/c1-18(15-6-3-2-4-7-15)9-5-10-22(13-18)17(24)14-8-11-23-16(12-14)19-20-21-23/h2-4,6-8,11-12H,5,9-10,13H2,1H3/t18-/m0/s1. The van der Waals surface area contributed by atoms with Crippen LogP contribution in [0.1, 0.15) is 35.7 Å². The van der Waals surface area contributed by atoms with Gasteiger partial charge < -0.3 is 4.90 Å². The molecule has 0 radical (unpaired) electrons. The van der Waals surface area contributed by atoms with Gasteiger partial charge in [0.2, 0.25) is 0 Å². The number of likely N-dealkylation sites (tertiary alicyclic amines) is 1. The van der Waals surface area contributed by atoms with E-state index in [-0.39, 0.29) is 11.3 Å². The Hall–Kier alpha value is -2.76. The average molecular weight is 321 g/mol. The van der Waals surface area contributed by atoms with Crippen molar-refractivity contribution in [1.29, 1.82) is 0 Å². The first-order chi connectivity index (χ1) is 11.7. The van der Waals surface area contributed by atoms with Crippen LogP contribution in [-0.2, 0) is 5.41 Å². The van der Waals surface area contributed by atoms with Crippen LogP contribution in [0.2, 0.25) is 0 Å². The van der Waals surface area contributed by atoms with E-state index in [0.717, 1.165) is 25.9 Å². The summed E-state index contributed by atoms with van der Waals surface area (Å²) < 4.78 is 1.56. The average Bonchev–Trinajstić information content (AvgIpc) is 3.09. The molecule has 3 heterocycles. The smallest absolute Gasteiger partial charge is 0.254 e. The number of carbonyl (C=O) groups excluding carboxylic acids is 1. The van der Waals surface area contributed by atoms with Crippen LogP contribution in [0.4, 0.5) is 0 Å². The van der Waals surface area contributed by atoms with Gasteiger partial charge in [-0.25, -0.2) is 4.52 Å². The van der Waals surface area contributed by atoms with E-state index in [1.807, 2.05) is 11.0 Å². The van der Waals surface area contributed by atoms with Crippen molar-refractivity contribution in [2.75, 3.05) is 13.1 Å². The van der Waals surface area contributed by atoms with Crippen molar-refractivity contribution in [3.8, 4) is 0 Å². The number of piperidine rings is 1. The fourth-order valence-corrected chi connectivity index (χ4v) is 3.54. The zero-order valence-electron chi connectivity index (χ0n) is 13.6. The second-order valence-electron chi connectivity index (χ2n) is 6.65. The SMILES string of the molecule is C[C@]1(c2ccccc2)CCCN(C(=O)c2ccn3nnnc3c2)C1. The van der Waals surface area contributed by atoms with Gasteiger partial charge in [0.15, 0.2) is 5.65 Å². The molecule has 1 aliphatic heterocycles. The van der Waals surface area contributed by atoms with Gasteiger partial charge in [-0.15, -0.1) is 5.10 Å². The summed E-state index contributed by atoms with van der Waals surface area (Å²) in [5.41, 5.74) is 2.51. The zero-order valence-corrected chi connectivity index (χ0v) is 13.6. The maximum atomic E-state index is 12.9. The van der Waals surface area contributed by atoms with Crippen LogP contribution < -0.4 is 0 Å². The van der Waals surface area contributed by atoms with E-state index in [4.69, 9.17) is 0 Å². The molecule has 1 fully saturated rings. The van der Waals surface area contributed by atoms with Crippen LogP contribution >= 0.6 is 0 Å². The highest BCUT2D eigenvalue weighted by Crippen LogP contribution is 2.34. The predicted octanol–water partition coefficient (Wildman–Crippen LogP) is 2.32. The molecule has 1 saturated heterocycles. The lowest BCUT2D eigenvalue weighted by molar-refractivity contribution is 0.0651.